The summed E-state index contributed by atoms with van der Waals surface area (Å²) in [7, 11) is 0. The Morgan fingerprint density at radius 1 is 1.29 bits per heavy atom. The quantitative estimate of drug-likeness (QED) is 0.730. The molecule has 21 heavy (non-hydrogen) atoms. The third-order valence-electron chi connectivity index (χ3n) is 4.01. The fourth-order valence-corrected chi connectivity index (χ4v) is 3.34. The first-order valence-electron chi connectivity index (χ1n) is 7.83. The highest BCUT2D eigenvalue weighted by atomic mass is 32.1. The maximum absolute atomic E-state index is 5.92. The van der Waals surface area contributed by atoms with Crippen LogP contribution in [0.4, 0.5) is 5.69 Å². The maximum atomic E-state index is 5.92. The molecule has 2 unspecified atom stereocenters. The number of anilines is 1. The van der Waals surface area contributed by atoms with Gasteiger partial charge in [-0.3, -0.25) is 0 Å². The van der Waals surface area contributed by atoms with Crippen molar-refractivity contribution in [3.63, 3.8) is 0 Å². The molecule has 1 aromatic carbocycles. The molecule has 0 bridgehead atoms. The molecule has 0 spiro atoms. The molecule has 2 atom stereocenters. The second-order valence-electron chi connectivity index (χ2n) is 5.84. The van der Waals surface area contributed by atoms with Crippen molar-refractivity contribution in [3.05, 3.63) is 46.7 Å². The topological polar surface area (TPSA) is 21.3 Å². The summed E-state index contributed by atoms with van der Waals surface area (Å²) >= 11 is 1.84. The normalized spacial score (nSPS) is 17.2. The van der Waals surface area contributed by atoms with Crippen LogP contribution in [0.1, 0.15) is 44.0 Å². The molecule has 0 aliphatic heterocycles. The first kappa shape index (κ1) is 14.5. The minimum atomic E-state index is 0.261. The molecule has 1 fully saturated rings. The summed E-state index contributed by atoms with van der Waals surface area (Å²) in [6.45, 7) is 4.26. The molecule has 1 aliphatic rings. The van der Waals surface area contributed by atoms with E-state index in [0.29, 0.717) is 6.04 Å². The largest absolute Gasteiger partial charge is 0.491 e. The number of nitrogens with one attached hydrogen (secondary N) is 1. The van der Waals surface area contributed by atoms with Crippen LogP contribution in [0.3, 0.4) is 0 Å². The summed E-state index contributed by atoms with van der Waals surface area (Å²) in [5, 5.41) is 5.87. The molecule has 112 valence electrons. The molecule has 1 saturated carbocycles. The van der Waals surface area contributed by atoms with Crippen LogP contribution >= 0.6 is 11.3 Å². The zero-order valence-electron chi connectivity index (χ0n) is 12.7. The smallest absolute Gasteiger partial charge is 0.121 e. The number of hydrogen-bond acceptors (Lipinski definition) is 3. The van der Waals surface area contributed by atoms with Crippen molar-refractivity contribution in [1.82, 2.24) is 0 Å². The Labute approximate surface area is 131 Å². The van der Waals surface area contributed by atoms with E-state index < -0.39 is 0 Å². The second kappa shape index (κ2) is 6.52. The molecule has 1 heterocycles. The van der Waals surface area contributed by atoms with Crippen molar-refractivity contribution in [2.45, 2.75) is 45.3 Å². The number of rotatable bonds is 7. The van der Waals surface area contributed by atoms with E-state index in [1.165, 1.54) is 17.7 Å². The number of hydrogen-bond donors (Lipinski definition) is 1. The third-order valence-corrected chi connectivity index (χ3v) is 4.97. The minimum Gasteiger partial charge on any atom is -0.491 e. The van der Waals surface area contributed by atoms with Crippen molar-refractivity contribution in [1.29, 1.82) is 0 Å². The fraction of sp³-hybridized carbons (Fsp3) is 0.444. The molecule has 0 amide bonds. The first-order chi connectivity index (χ1) is 10.3. The van der Waals surface area contributed by atoms with E-state index in [9.17, 15) is 0 Å². The van der Waals surface area contributed by atoms with Gasteiger partial charge in [-0.25, -0.2) is 0 Å². The Bertz CT molecular complexity index is 562. The highest BCUT2D eigenvalue weighted by molar-refractivity contribution is 7.10. The molecular formula is C18H23NOS. The van der Waals surface area contributed by atoms with Gasteiger partial charge < -0.3 is 10.1 Å². The highest BCUT2D eigenvalue weighted by Crippen LogP contribution is 2.44. The fourth-order valence-electron chi connectivity index (χ4n) is 2.47. The van der Waals surface area contributed by atoms with Gasteiger partial charge in [0, 0.05) is 16.6 Å². The molecule has 1 N–H and O–H groups in total. The molecule has 1 aliphatic carbocycles. The molecule has 2 nitrogen and oxygen atoms in total. The van der Waals surface area contributed by atoms with Crippen LogP contribution in [0, 0.1) is 5.92 Å². The predicted molar refractivity (Wildman–Crippen MR) is 90.2 cm³/mol. The van der Waals surface area contributed by atoms with Crippen LogP contribution in [0.15, 0.2) is 41.8 Å². The molecule has 0 radical (unpaired) electrons. The van der Waals surface area contributed by atoms with E-state index in [1.807, 2.05) is 17.4 Å². The zero-order chi connectivity index (χ0) is 14.7. The summed E-state index contributed by atoms with van der Waals surface area (Å²) in [5.41, 5.74) is 1.15. The van der Waals surface area contributed by atoms with Crippen LogP contribution < -0.4 is 10.1 Å². The summed E-state index contributed by atoms with van der Waals surface area (Å²) in [6.07, 6.45) is 3.95. The molecular weight excluding hydrogens is 278 g/mol. The highest BCUT2D eigenvalue weighted by Gasteiger charge is 2.32. The van der Waals surface area contributed by atoms with Crippen molar-refractivity contribution < 1.29 is 4.74 Å². The van der Waals surface area contributed by atoms with E-state index in [-0.39, 0.29) is 6.10 Å². The van der Waals surface area contributed by atoms with Gasteiger partial charge in [-0.2, -0.15) is 0 Å². The maximum Gasteiger partial charge on any atom is 0.121 e. The van der Waals surface area contributed by atoms with Gasteiger partial charge in [-0.05, 0) is 55.7 Å². The number of thiophene rings is 1. The lowest BCUT2D eigenvalue weighted by atomic mass is 10.1. The van der Waals surface area contributed by atoms with Crippen LogP contribution in [-0.4, -0.2) is 6.10 Å². The van der Waals surface area contributed by atoms with E-state index in [2.05, 4.69) is 54.9 Å². The Morgan fingerprint density at radius 2 is 2.14 bits per heavy atom. The van der Waals surface area contributed by atoms with E-state index >= 15 is 0 Å². The van der Waals surface area contributed by atoms with Crippen LogP contribution in [0.2, 0.25) is 0 Å². The lowest BCUT2D eigenvalue weighted by Crippen LogP contribution is -2.12. The van der Waals surface area contributed by atoms with E-state index in [0.717, 1.165) is 23.8 Å². The second-order valence-corrected chi connectivity index (χ2v) is 6.82. The lowest BCUT2D eigenvalue weighted by Gasteiger charge is -2.19. The van der Waals surface area contributed by atoms with Gasteiger partial charge in [0.25, 0.3) is 0 Å². The van der Waals surface area contributed by atoms with Crippen molar-refractivity contribution in [3.8, 4) is 5.75 Å². The molecule has 0 saturated heterocycles. The van der Waals surface area contributed by atoms with Crippen molar-refractivity contribution in [2.75, 3.05) is 5.32 Å². The Hall–Kier alpha value is -1.48. The van der Waals surface area contributed by atoms with Crippen molar-refractivity contribution in [2.24, 2.45) is 5.92 Å². The summed E-state index contributed by atoms with van der Waals surface area (Å²) in [5.74, 6) is 1.73. The van der Waals surface area contributed by atoms with Gasteiger partial charge >= 0.3 is 0 Å². The summed E-state index contributed by atoms with van der Waals surface area (Å²) in [6, 6.07) is 13.2. The van der Waals surface area contributed by atoms with Gasteiger partial charge in [0.1, 0.15) is 5.75 Å². The third kappa shape index (κ3) is 3.79. The molecule has 2 aromatic rings. The Kier molecular flexibility index (Phi) is 4.49. The molecule has 3 heteroatoms. The standard InChI is InChI=1S/C18H23NOS/c1-3-13(2)20-16-7-4-6-15(12-16)19-18(14-9-10-14)17-8-5-11-21-17/h4-8,11-14,18-19H,3,9-10H2,1-2H3. The average Bonchev–Trinajstić information content (AvgIpc) is 3.19. The van der Waals surface area contributed by atoms with Crippen LogP contribution in [-0.2, 0) is 0 Å². The van der Waals surface area contributed by atoms with Gasteiger partial charge in [0.15, 0.2) is 0 Å². The minimum absolute atomic E-state index is 0.261. The lowest BCUT2D eigenvalue weighted by molar-refractivity contribution is 0.217. The number of ether oxygens (including phenoxy) is 1. The monoisotopic (exact) mass is 301 g/mol. The SMILES string of the molecule is CCC(C)Oc1cccc(NC(c2cccs2)C2CC2)c1. The van der Waals surface area contributed by atoms with E-state index in [4.69, 9.17) is 4.74 Å². The van der Waals surface area contributed by atoms with Gasteiger partial charge in [0.05, 0.1) is 12.1 Å². The zero-order valence-corrected chi connectivity index (χ0v) is 13.5. The van der Waals surface area contributed by atoms with Crippen molar-refractivity contribution >= 4 is 17.0 Å². The number of benzene rings is 1. The van der Waals surface area contributed by atoms with E-state index in [1.54, 1.807) is 0 Å². The predicted octanol–water partition coefficient (Wildman–Crippen LogP) is 5.49. The van der Waals surface area contributed by atoms with Gasteiger partial charge in [-0.15, -0.1) is 11.3 Å². The average molecular weight is 301 g/mol. The van der Waals surface area contributed by atoms with Gasteiger partial charge in [-0.1, -0.05) is 19.1 Å². The van der Waals surface area contributed by atoms with Crippen LogP contribution in [0.5, 0.6) is 5.75 Å². The van der Waals surface area contributed by atoms with Crippen LogP contribution in [0.25, 0.3) is 0 Å². The first-order valence-corrected chi connectivity index (χ1v) is 8.71. The molecule has 3 rings (SSSR count). The Morgan fingerprint density at radius 3 is 2.81 bits per heavy atom. The summed E-state index contributed by atoms with van der Waals surface area (Å²) in [4.78, 5) is 1.44. The van der Waals surface area contributed by atoms with Gasteiger partial charge in [0.2, 0.25) is 0 Å². The summed E-state index contributed by atoms with van der Waals surface area (Å²) < 4.78 is 5.92. The Balaban J connectivity index is 1.72. The molecule has 1 aromatic heterocycles.